The second-order valence-corrected chi connectivity index (χ2v) is 9.92. The third kappa shape index (κ3) is 5.26. The van der Waals surface area contributed by atoms with Crippen LogP contribution in [-0.2, 0) is 22.4 Å². The zero-order chi connectivity index (χ0) is 26.6. The molecule has 4 aromatic rings. The summed E-state index contributed by atoms with van der Waals surface area (Å²) in [6.45, 7) is 0. The van der Waals surface area contributed by atoms with Crippen LogP contribution in [0.4, 0.5) is 36.4 Å². The maximum atomic E-state index is 14.4. The number of imidazole rings is 1. The maximum Gasteiger partial charge on any atom is 0.418 e. The number of sulfonamides is 1. The molecule has 36 heavy (non-hydrogen) atoms. The third-order valence-corrected chi connectivity index (χ3v) is 5.94. The Labute approximate surface area is 204 Å². The summed E-state index contributed by atoms with van der Waals surface area (Å²) >= 11 is 6.30. The maximum absolute atomic E-state index is 14.4. The highest BCUT2D eigenvalue weighted by atomic mass is 35.5. The minimum absolute atomic E-state index is 0.000124. The molecule has 0 aliphatic carbocycles. The smallest absolute Gasteiger partial charge is 0.338 e. The number of alkyl halides is 6. The van der Waals surface area contributed by atoms with Gasteiger partial charge < -0.3 is 4.98 Å². The van der Waals surface area contributed by atoms with Crippen LogP contribution in [0, 0.1) is 5.82 Å². The molecule has 0 aliphatic heterocycles. The van der Waals surface area contributed by atoms with E-state index in [1.807, 2.05) is 4.72 Å². The van der Waals surface area contributed by atoms with Gasteiger partial charge in [0, 0.05) is 16.1 Å². The molecular formula is C22H13ClF7N3O2S. The van der Waals surface area contributed by atoms with E-state index in [-0.39, 0.29) is 33.7 Å². The highest BCUT2D eigenvalue weighted by molar-refractivity contribution is 7.92. The van der Waals surface area contributed by atoms with E-state index < -0.39 is 50.4 Å². The molecule has 14 heteroatoms. The monoisotopic (exact) mass is 551 g/mol. The molecule has 3 aromatic carbocycles. The Kier molecular flexibility index (Phi) is 6.20. The number of rotatable bonds is 4. The summed E-state index contributed by atoms with van der Waals surface area (Å²) < 4.78 is 119. The average Bonchev–Trinajstić information content (AvgIpc) is 3.16. The van der Waals surface area contributed by atoms with Crippen molar-refractivity contribution in [1.29, 1.82) is 0 Å². The molecule has 0 amide bonds. The first-order valence-corrected chi connectivity index (χ1v) is 12.1. The van der Waals surface area contributed by atoms with Crippen LogP contribution < -0.4 is 4.72 Å². The summed E-state index contributed by atoms with van der Waals surface area (Å²) in [5.74, 6) is -1.04. The van der Waals surface area contributed by atoms with Gasteiger partial charge in [-0.2, -0.15) is 26.3 Å². The fourth-order valence-electron chi connectivity index (χ4n) is 3.50. The SMILES string of the molecule is CS(=O)(=O)Nc1ccc(-c2ccc(-c3nc4c(C(F)(F)F)cc(C(F)(F)F)cc4[nH]3)cc2Cl)cc1F. The van der Waals surface area contributed by atoms with Gasteiger partial charge in [0.25, 0.3) is 0 Å². The number of nitrogens with zero attached hydrogens (tertiary/aromatic N) is 1. The Morgan fingerprint density at radius 3 is 2.14 bits per heavy atom. The summed E-state index contributed by atoms with van der Waals surface area (Å²) in [6, 6.07) is 8.24. The third-order valence-electron chi connectivity index (χ3n) is 5.04. The number of hydrogen-bond donors (Lipinski definition) is 2. The van der Waals surface area contributed by atoms with E-state index in [0.29, 0.717) is 11.6 Å². The van der Waals surface area contributed by atoms with Gasteiger partial charge in [0.2, 0.25) is 10.0 Å². The van der Waals surface area contributed by atoms with E-state index >= 15 is 0 Å². The van der Waals surface area contributed by atoms with Crippen LogP contribution in [0.1, 0.15) is 11.1 Å². The van der Waals surface area contributed by atoms with Gasteiger partial charge in [0.1, 0.15) is 17.2 Å². The molecule has 5 nitrogen and oxygen atoms in total. The summed E-state index contributed by atoms with van der Waals surface area (Å²) in [4.78, 5) is 6.32. The van der Waals surface area contributed by atoms with Crippen molar-refractivity contribution >= 4 is 38.3 Å². The number of halogens is 8. The van der Waals surface area contributed by atoms with E-state index in [4.69, 9.17) is 11.6 Å². The van der Waals surface area contributed by atoms with E-state index in [2.05, 4.69) is 9.97 Å². The van der Waals surface area contributed by atoms with Crippen LogP contribution in [0.2, 0.25) is 5.02 Å². The number of fused-ring (bicyclic) bond motifs is 1. The zero-order valence-electron chi connectivity index (χ0n) is 17.8. The summed E-state index contributed by atoms with van der Waals surface area (Å²) in [5, 5.41) is 0.0307. The number of hydrogen-bond acceptors (Lipinski definition) is 3. The second kappa shape index (κ2) is 8.66. The van der Waals surface area contributed by atoms with Crippen molar-refractivity contribution in [2.24, 2.45) is 0 Å². The van der Waals surface area contributed by atoms with Crippen LogP contribution in [0.15, 0.2) is 48.5 Å². The van der Waals surface area contributed by atoms with Crippen LogP contribution in [-0.4, -0.2) is 24.6 Å². The van der Waals surface area contributed by atoms with Crippen molar-refractivity contribution in [3.8, 4) is 22.5 Å². The molecule has 1 heterocycles. The quantitative estimate of drug-likeness (QED) is 0.266. The van der Waals surface area contributed by atoms with Crippen molar-refractivity contribution in [3.63, 3.8) is 0 Å². The van der Waals surface area contributed by atoms with Gasteiger partial charge in [-0.3, -0.25) is 4.72 Å². The van der Waals surface area contributed by atoms with Crippen LogP contribution in [0.5, 0.6) is 0 Å². The van der Waals surface area contributed by atoms with Crippen molar-refractivity contribution in [1.82, 2.24) is 9.97 Å². The molecule has 0 unspecified atom stereocenters. The molecule has 0 saturated heterocycles. The average molecular weight is 552 g/mol. The Balaban J connectivity index is 1.76. The first-order chi connectivity index (χ1) is 16.5. The number of aromatic nitrogens is 2. The molecule has 0 saturated carbocycles. The highest BCUT2D eigenvalue weighted by Gasteiger charge is 2.39. The standard InChI is InChI=1S/C22H13ClF7N3O2S/c1-36(34,35)33-17-5-3-10(7-16(17)24)13-4-2-11(6-15(13)23)20-31-18-9-12(21(25,26)27)8-14(19(18)32-20)22(28,29)30/h2-9,33H,1H3,(H,31,32). The first kappa shape index (κ1) is 25.8. The normalized spacial score (nSPS) is 12.8. The predicted molar refractivity (Wildman–Crippen MR) is 120 cm³/mol. The number of H-pyrrole nitrogens is 1. The number of nitrogens with one attached hydrogen (secondary N) is 2. The van der Waals surface area contributed by atoms with Gasteiger partial charge in [0.05, 0.1) is 28.6 Å². The lowest BCUT2D eigenvalue weighted by atomic mass is 10.0. The van der Waals surface area contributed by atoms with Gasteiger partial charge >= 0.3 is 12.4 Å². The van der Waals surface area contributed by atoms with Gasteiger partial charge in [-0.05, 0) is 35.9 Å². The van der Waals surface area contributed by atoms with Crippen molar-refractivity contribution in [3.05, 3.63) is 70.5 Å². The van der Waals surface area contributed by atoms with Gasteiger partial charge in [-0.25, -0.2) is 17.8 Å². The topological polar surface area (TPSA) is 74.8 Å². The lowest BCUT2D eigenvalue weighted by molar-refractivity contribution is -0.142. The van der Waals surface area contributed by atoms with Crippen molar-refractivity contribution in [2.45, 2.75) is 12.4 Å². The fraction of sp³-hybridized carbons (Fsp3) is 0.136. The fourth-order valence-corrected chi connectivity index (χ4v) is 4.35. The molecule has 2 N–H and O–H groups in total. The lowest BCUT2D eigenvalue weighted by Gasteiger charge is -2.11. The Morgan fingerprint density at radius 1 is 0.917 bits per heavy atom. The van der Waals surface area contributed by atoms with E-state index in [1.165, 1.54) is 30.3 Å². The molecular weight excluding hydrogens is 539 g/mol. The number of aromatic amines is 1. The molecule has 1 aromatic heterocycles. The zero-order valence-corrected chi connectivity index (χ0v) is 19.4. The molecule has 0 bridgehead atoms. The van der Waals surface area contributed by atoms with E-state index in [0.717, 1.165) is 12.3 Å². The first-order valence-electron chi connectivity index (χ1n) is 9.79. The molecule has 0 radical (unpaired) electrons. The van der Waals surface area contributed by atoms with Gasteiger partial charge in [-0.15, -0.1) is 0 Å². The van der Waals surface area contributed by atoms with Gasteiger partial charge in [0.15, 0.2) is 0 Å². The molecule has 0 fully saturated rings. The molecule has 4 rings (SSSR count). The molecule has 0 atom stereocenters. The summed E-state index contributed by atoms with van der Waals surface area (Å²) in [5.41, 5.74) is -3.74. The minimum atomic E-state index is -5.09. The predicted octanol–water partition coefficient (Wildman–Crippen LogP) is 7.10. The second-order valence-electron chi connectivity index (χ2n) is 7.76. The Morgan fingerprint density at radius 2 is 1.58 bits per heavy atom. The minimum Gasteiger partial charge on any atom is -0.338 e. The molecule has 0 aliphatic rings. The molecule has 190 valence electrons. The Bertz CT molecular complexity index is 1600. The van der Waals surface area contributed by atoms with Crippen molar-refractivity contribution < 1.29 is 39.2 Å². The summed E-state index contributed by atoms with van der Waals surface area (Å²) in [6.07, 6.45) is -9.24. The van der Waals surface area contributed by atoms with Crippen LogP contribution >= 0.6 is 11.6 Å². The van der Waals surface area contributed by atoms with E-state index in [1.54, 1.807) is 0 Å². The van der Waals surface area contributed by atoms with E-state index in [9.17, 15) is 39.2 Å². The van der Waals surface area contributed by atoms with Crippen LogP contribution in [0.3, 0.4) is 0 Å². The van der Waals surface area contributed by atoms with Crippen LogP contribution in [0.25, 0.3) is 33.5 Å². The molecule has 0 spiro atoms. The number of benzene rings is 3. The highest BCUT2D eigenvalue weighted by Crippen LogP contribution is 2.40. The lowest BCUT2D eigenvalue weighted by Crippen LogP contribution is -2.11. The van der Waals surface area contributed by atoms with Crippen molar-refractivity contribution in [2.75, 3.05) is 11.0 Å². The van der Waals surface area contributed by atoms with Gasteiger partial charge in [-0.1, -0.05) is 29.8 Å². The number of anilines is 1. The summed E-state index contributed by atoms with van der Waals surface area (Å²) in [7, 11) is -3.72. The largest absolute Gasteiger partial charge is 0.418 e. The Hall–Kier alpha value is -3.32.